The van der Waals surface area contributed by atoms with Crippen LogP contribution in [0.5, 0.6) is 17.2 Å². The first-order valence-corrected chi connectivity index (χ1v) is 8.44. The summed E-state index contributed by atoms with van der Waals surface area (Å²) >= 11 is 0. The number of pyridine rings is 1. The van der Waals surface area contributed by atoms with Gasteiger partial charge in [-0.05, 0) is 18.6 Å². The number of rotatable bonds is 9. The van der Waals surface area contributed by atoms with Crippen molar-refractivity contribution in [3.8, 4) is 17.2 Å². The molecule has 0 saturated carbocycles. The third kappa shape index (κ3) is 4.78. The quantitative estimate of drug-likeness (QED) is 0.668. The number of carbonyl (C=O) groups is 1. The van der Waals surface area contributed by atoms with E-state index in [-0.39, 0.29) is 5.91 Å². The first kappa shape index (κ1) is 19.4. The molecule has 2 N–H and O–H groups in total. The van der Waals surface area contributed by atoms with Crippen LogP contribution in [0.2, 0.25) is 0 Å². The molecule has 0 bridgehead atoms. The minimum absolute atomic E-state index is 0.169. The molecule has 0 aliphatic rings. The molecule has 0 spiro atoms. The molecule has 7 nitrogen and oxygen atoms in total. The number of carbonyl (C=O) groups excluding carboxylic acids is 1. The summed E-state index contributed by atoms with van der Waals surface area (Å²) in [6.45, 7) is 2.73. The Morgan fingerprint density at radius 1 is 1.04 bits per heavy atom. The van der Waals surface area contributed by atoms with Crippen molar-refractivity contribution in [3.63, 3.8) is 0 Å². The molecule has 2 rings (SSSR count). The lowest BCUT2D eigenvalue weighted by Crippen LogP contribution is -2.25. The molecule has 26 heavy (non-hydrogen) atoms. The third-order valence-corrected chi connectivity index (χ3v) is 3.77. The minimum Gasteiger partial charge on any atom is -0.493 e. The predicted molar refractivity (Wildman–Crippen MR) is 101 cm³/mol. The summed E-state index contributed by atoms with van der Waals surface area (Å²) in [6, 6.07) is 7.08. The van der Waals surface area contributed by atoms with Gasteiger partial charge < -0.3 is 24.8 Å². The third-order valence-electron chi connectivity index (χ3n) is 3.77. The SMILES string of the molecule is CCCCNC(=O)c1ccc(Nc2cc(OC)c(OC)c(OC)c2)cn1. The number of hydrogen-bond donors (Lipinski definition) is 2. The molecule has 0 unspecified atom stereocenters. The van der Waals surface area contributed by atoms with Gasteiger partial charge in [-0.15, -0.1) is 0 Å². The van der Waals surface area contributed by atoms with Crippen LogP contribution in [0.3, 0.4) is 0 Å². The second kappa shape index (κ2) is 9.50. The molecular weight excluding hydrogens is 334 g/mol. The van der Waals surface area contributed by atoms with Crippen LogP contribution in [-0.2, 0) is 0 Å². The second-order valence-electron chi connectivity index (χ2n) is 5.58. The molecule has 0 atom stereocenters. The van der Waals surface area contributed by atoms with Crippen molar-refractivity contribution in [3.05, 3.63) is 36.2 Å². The Bertz CT molecular complexity index is 707. The second-order valence-corrected chi connectivity index (χ2v) is 5.58. The van der Waals surface area contributed by atoms with Gasteiger partial charge in [-0.3, -0.25) is 4.79 Å². The number of nitrogens with zero attached hydrogens (tertiary/aromatic N) is 1. The van der Waals surface area contributed by atoms with E-state index < -0.39 is 0 Å². The molecule has 0 saturated heterocycles. The molecule has 0 aliphatic heterocycles. The largest absolute Gasteiger partial charge is 0.493 e. The number of methoxy groups -OCH3 is 3. The molecule has 7 heteroatoms. The maximum absolute atomic E-state index is 12.0. The number of aromatic nitrogens is 1. The smallest absolute Gasteiger partial charge is 0.269 e. The number of amides is 1. The fraction of sp³-hybridized carbons (Fsp3) is 0.368. The minimum atomic E-state index is -0.169. The highest BCUT2D eigenvalue weighted by molar-refractivity contribution is 5.92. The van der Waals surface area contributed by atoms with E-state index in [0.717, 1.165) is 24.2 Å². The van der Waals surface area contributed by atoms with Crippen LogP contribution in [0.25, 0.3) is 0 Å². The average molecular weight is 359 g/mol. The van der Waals surface area contributed by atoms with Crippen molar-refractivity contribution >= 4 is 17.3 Å². The number of hydrogen-bond acceptors (Lipinski definition) is 6. The fourth-order valence-corrected chi connectivity index (χ4v) is 2.39. The molecule has 1 heterocycles. The van der Waals surface area contributed by atoms with Crippen molar-refractivity contribution in [1.82, 2.24) is 10.3 Å². The zero-order valence-electron chi connectivity index (χ0n) is 15.6. The van der Waals surface area contributed by atoms with Gasteiger partial charge in [-0.2, -0.15) is 0 Å². The van der Waals surface area contributed by atoms with Gasteiger partial charge in [0.1, 0.15) is 5.69 Å². The van der Waals surface area contributed by atoms with E-state index >= 15 is 0 Å². The van der Waals surface area contributed by atoms with Gasteiger partial charge in [0.2, 0.25) is 5.75 Å². The molecule has 1 aromatic heterocycles. The van der Waals surface area contributed by atoms with E-state index in [2.05, 4.69) is 22.5 Å². The van der Waals surface area contributed by atoms with Crippen molar-refractivity contribution in [2.75, 3.05) is 33.2 Å². The lowest BCUT2D eigenvalue weighted by Gasteiger charge is -2.15. The van der Waals surface area contributed by atoms with E-state index in [4.69, 9.17) is 14.2 Å². The van der Waals surface area contributed by atoms with Gasteiger partial charge in [-0.1, -0.05) is 13.3 Å². The predicted octanol–water partition coefficient (Wildman–Crippen LogP) is 3.38. The summed E-state index contributed by atoms with van der Waals surface area (Å²) in [4.78, 5) is 16.2. The maximum atomic E-state index is 12.0. The van der Waals surface area contributed by atoms with Gasteiger partial charge in [0, 0.05) is 24.4 Å². The Morgan fingerprint density at radius 3 is 2.23 bits per heavy atom. The van der Waals surface area contributed by atoms with Gasteiger partial charge in [-0.25, -0.2) is 4.98 Å². The number of nitrogens with one attached hydrogen (secondary N) is 2. The van der Waals surface area contributed by atoms with E-state index in [1.165, 1.54) is 0 Å². The maximum Gasteiger partial charge on any atom is 0.269 e. The van der Waals surface area contributed by atoms with Crippen LogP contribution >= 0.6 is 0 Å². The molecule has 0 fully saturated rings. The zero-order chi connectivity index (χ0) is 18.9. The van der Waals surface area contributed by atoms with Crippen LogP contribution in [-0.4, -0.2) is 38.8 Å². The molecule has 1 amide bonds. The highest BCUT2D eigenvalue weighted by Crippen LogP contribution is 2.40. The summed E-state index contributed by atoms with van der Waals surface area (Å²) in [5, 5.41) is 6.06. The van der Waals surface area contributed by atoms with Crippen LogP contribution in [0.4, 0.5) is 11.4 Å². The number of unbranched alkanes of at least 4 members (excludes halogenated alkanes) is 1. The van der Waals surface area contributed by atoms with Gasteiger partial charge in [0.15, 0.2) is 11.5 Å². The fourth-order valence-electron chi connectivity index (χ4n) is 2.39. The Morgan fingerprint density at radius 2 is 1.73 bits per heavy atom. The number of benzene rings is 1. The summed E-state index contributed by atoms with van der Waals surface area (Å²) in [6.07, 6.45) is 3.59. The Kier molecular flexibility index (Phi) is 7.08. The van der Waals surface area contributed by atoms with E-state index in [9.17, 15) is 4.79 Å². The molecule has 0 radical (unpaired) electrons. The highest BCUT2D eigenvalue weighted by Gasteiger charge is 2.13. The van der Waals surface area contributed by atoms with Gasteiger partial charge in [0.25, 0.3) is 5.91 Å². The Hall–Kier alpha value is -2.96. The van der Waals surface area contributed by atoms with E-state index in [0.29, 0.717) is 29.5 Å². The van der Waals surface area contributed by atoms with Crippen molar-refractivity contribution in [1.29, 1.82) is 0 Å². The lowest BCUT2D eigenvalue weighted by molar-refractivity contribution is 0.0948. The Balaban J connectivity index is 2.12. The van der Waals surface area contributed by atoms with Crippen LogP contribution < -0.4 is 24.8 Å². The van der Waals surface area contributed by atoms with Gasteiger partial charge >= 0.3 is 0 Å². The van der Waals surface area contributed by atoms with E-state index in [1.807, 2.05) is 0 Å². The monoisotopic (exact) mass is 359 g/mol. The first-order chi connectivity index (χ1) is 12.6. The van der Waals surface area contributed by atoms with E-state index in [1.54, 1.807) is 51.8 Å². The van der Waals surface area contributed by atoms with Crippen LogP contribution in [0.15, 0.2) is 30.5 Å². The lowest BCUT2D eigenvalue weighted by atomic mass is 10.2. The zero-order valence-corrected chi connectivity index (χ0v) is 15.6. The molecular formula is C19H25N3O4. The topological polar surface area (TPSA) is 81.7 Å². The molecule has 2 aromatic rings. The summed E-state index contributed by atoms with van der Waals surface area (Å²) in [7, 11) is 4.69. The van der Waals surface area contributed by atoms with Crippen LogP contribution in [0, 0.1) is 0 Å². The van der Waals surface area contributed by atoms with Crippen molar-refractivity contribution in [2.24, 2.45) is 0 Å². The average Bonchev–Trinajstić information content (AvgIpc) is 2.67. The summed E-state index contributed by atoms with van der Waals surface area (Å²) in [5.41, 5.74) is 1.88. The van der Waals surface area contributed by atoms with Crippen molar-refractivity contribution in [2.45, 2.75) is 19.8 Å². The molecule has 140 valence electrons. The van der Waals surface area contributed by atoms with Crippen LogP contribution in [0.1, 0.15) is 30.3 Å². The standard InChI is InChI=1S/C19H25N3O4/c1-5-6-9-20-19(23)15-8-7-13(12-21-15)22-14-10-16(24-2)18(26-4)17(11-14)25-3/h7-8,10-12,22H,5-6,9H2,1-4H3,(H,20,23). The summed E-state index contributed by atoms with van der Waals surface area (Å²) in [5.74, 6) is 1.46. The Labute approximate surface area is 153 Å². The molecule has 1 aromatic carbocycles. The van der Waals surface area contributed by atoms with Gasteiger partial charge in [0.05, 0.1) is 33.2 Å². The highest BCUT2D eigenvalue weighted by atomic mass is 16.5. The number of ether oxygens (including phenoxy) is 3. The molecule has 0 aliphatic carbocycles. The first-order valence-electron chi connectivity index (χ1n) is 8.44. The number of anilines is 2. The normalized spacial score (nSPS) is 10.2. The summed E-state index contributed by atoms with van der Waals surface area (Å²) < 4.78 is 16.0. The van der Waals surface area contributed by atoms with Crippen molar-refractivity contribution < 1.29 is 19.0 Å².